The quantitative estimate of drug-likeness (QED) is 0.159. The molecule has 0 unspecified atom stereocenters. The van der Waals surface area contributed by atoms with E-state index in [2.05, 4.69) is 234 Å². The molecule has 3 heterocycles. The maximum atomic E-state index is 6.80. The third kappa shape index (κ3) is 5.88. The Hall–Kier alpha value is -8.18. The van der Waals surface area contributed by atoms with E-state index in [9.17, 15) is 0 Å². The largest absolute Gasteiger partial charge is 0.455 e. The molecule has 0 N–H and O–H groups in total. The van der Waals surface area contributed by atoms with Gasteiger partial charge in [-0.05, 0) is 112 Å². The van der Waals surface area contributed by atoms with Crippen LogP contribution < -0.4 is 4.90 Å². The van der Waals surface area contributed by atoms with Crippen LogP contribution in [0, 0.1) is 0 Å². The summed E-state index contributed by atoms with van der Waals surface area (Å²) in [6.07, 6.45) is 0. The van der Waals surface area contributed by atoms with E-state index >= 15 is 0 Å². The number of hydrogen-bond donors (Lipinski definition) is 0. The molecule has 13 rings (SSSR count). The van der Waals surface area contributed by atoms with E-state index in [1.807, 2.05) is 17.4 Å². The molecule has 13 aromatic rings. The fraction of sp³-hybridized carbons (Fsp3) is 0. The molecular weight excluding hydrogens is 797 g/mol. The zero-order valence-electron chi connectivity index (χ0n) is 34.7. The van der Waals surface area contributed by atoms with Crippen LogP contribution in [0.1, 0.15) is 0 Å². The van der Waals surface area contributed by atoms with Crippen molar-refractivity contribution in [3.63, 3.8) is 0 Å². The highest BCUT2D eigenvalue weighted by Gasteiger charge is 2.22. The average molecular weight is 835 g/mol. The van der Waals surface area contributed by atoms with Crippen LogP contribution in [-0.4, -0.2) is 4.57 Å². The van der Waals surface area contributed by atoms with Crippen molar-refractivity contribution < 1.29 is 4.42 Å². The molecule has 64 heavy (non-hydrogen) atoms. The van der Waals surface area contributed by atoms with Crippen LogP contribution in [0.5, 0.6) is 0 Å². The van der Waals surface area contributed by atoms with E-state index in [0.29, 0.717) is 0 Å². The van der Waals surface area contributed by atoms with Crippen LogP contribution in [0.15, 0.2) is 235 Å². The molecule has 10 aromatic carbocycles. The van der Waals surface area contributed by atoms with Crippen LogP contribution in [0.4, 0.5) is 17.1 Å². The second-order valence-electron chi connectivity index (χ2n) is 16.5. The fourth-order valence-corrected chi connectivity index (χ4v) is 11.0. The van der Waals surface area contributed by atoms with Crippen molar-refractivity contribution in [2.75, 3.05) is 4.90 Å². The number of benzene rings is 10. The van der Waals surface area contributed by atoms with E-state index in [1.165, 1.54) is 53.6 Å². The number of rotatable bonds is 7. The summed E-state index contributed by atoms with van der Waals surface area (Å²) in [4.78, 5) is 2.38. The van der Waals surface area contributed by atoms with Crippen molar-refractivity contribution in [1.29, 1.82) is 0 Å². The summed E-state index contributed by atoms with van der Waals surface area (Å²) < 4.78 is 11.8. The van der Waals surface area contributed by atoms with Gasteiger partial charge < -0.3 is 13.9 Å². The van der Waals surface area contributed by atoms with Gasteiger partial charge >= 0.3 is 0 Å². The molecule has 3 aromatic heterocycles. The summed E-state index contributed by atoms with van der Waals surface area (Å²) in [5, 5.41) is 7.08. The summed E-state index contributed by atoms with van der Waals surface area (Å²) in [5.74, 6) is 0. The zero-order valence-corrected chi connectivity index (χ0v) is 35.5. The lowest BCUT2D eigenvalue weighted by Crippen LogP contribution is -2.10. The highest BCUT2D eigenvalue weighted by Crippen LogP contribution is 2.45. The number of para-hydroxylation sites is 1. The molecule has 0 saturated heterocycles. The average Bonchev–Trinajstić information content (AvgIpc) is 4.05. The first kappa shape index (κ1) is 36.5. The van der Waals surface area contributed by atoms with Gasteiger partial charge in [0.15, 0.2) is 0 Å². The van der Waals surface area contributed by atoms with E-state index < -0.39 is 0 Å². The molecular formula is C60H38N2OS. The summed E-state index contributed by atoms with van der Waals surface area (Å²) in [6, 6.07) is 83.3. The highest BCUT2D eigenvalue weighted by atomic mass is 32.1. The molecule has 0 spiro atoms. The summed E-state index contributed by atoms with van der Waals surface area (Å²) in [6.45, 7) is 0. The molecule has 0 radical (unpaired) electrons. The highest BCUT2D eigenvalue weighted by molar-refractivity contribution is 7.26. The standard InChI is InChI=1S/C60H38N2OS/c1-3-12-39(13-4-1)41-22-28-44(29-23-41)61(45-32-26-43(27-33-45)48-18-11-19-52-50-17-8-10-21-57(50)64-60(48)52)47-34-36-54-53(38-47)58-55(37-35-51-49-16-7-9-20-56(49)63-59(51)58)62(54)46-30-24-42(25-31-46)40-14-5-2-6-15-40/h1-38H. The van der Waals surface area contributed by atoms with Gasteiger partial charge in [-0.15, -0.1) is 11.3 Å². The smallest absolute Gasteiger partial charge is 0.145 e. The lowest BCUT2D eigenvalue weighted by atomic mass is 10.0. The Morgan fingerprint density at radius 1 is 0.375 bits per heavy atom. The molecule has 0 aliphatic heterocycles. The number of anilines is 3. The Morgan fingerprint density at radius 3 is 1.66 bits per heavy atom. The SMILES string of the molecule is c1ccc(-c2ccc(N(c3ccc(-c4cccc5c4sc4ccccc45)cc3)c3ccc4c(c3)c3c5oc6ccccc6c5ccc3n4-c3ccc(-c4ccccc4)cc3)cc2)cc1. The molecule has 0 amide bonds. The zero-order chi connectivity index (χ0) is 42.1. The Balaban J connectivity index is 1.00. The molecule has 300 valence electrons. The fourth-order valence-electron chi connectivity index (χ4n) is 9.77. The second kappa shape index (κ2) is 14.7. The Kier molecular flexibility index (Phi) is 8.40. The first-order valence-electron chi connectivity index (χ1n) is 21.7. The van der Waals surface area contributed by atoms with Gasteiger partial charge in [-0.1, -0.05) is 152 Å². The van der Waals surface area contributed by atoms with Crippen molar-refractivity contribution in [3.8, 4) is 39.1 Å². The predicted octanol–water partition coefficient (Wildman–Crippen LogP) is 17.5. The summed E-state index contributed by atoms with van der Waals surface area (Å²) in [7, 11) is 0. The minimum atomic E-state index is 0.890. The van der Waals surface area contributed by atoms with Gasteiger partial charge in [-0.3, -0.25) is 0 Å². The molecule has 4 heteroatoms. The van der Waals surface area contributed by atoms with Crippen molar-refractivity contribution in [2.24, 2.45) is 0 Å². The van der Waals surface area contributed by atoms with E-state index in [4.69, 9.17) is 4.42 Å². The Bertz CT molecular complexity index is 3860. The molecule has 0 atom stereocenters. The summed E-state index contributed by atoms with van der Waals surface area (Å²) in [5.41, 5.74) is 15.5. The summed E-state index contributed by atoms with van der Waals surface area (Å²) >= 11 is 1.87. The number of thiophene rings is 1. The second-order valence-corrected chi connectivity index (χ2v) is 17.5. The van der Waals surface area contributed by atoms with E-state index in [1.54, 1.807) is 0 Å². The number of hydrogen-bond acceptors (Lipinski definition) is 3. The van der Waals surface area contributed by atoms with Gasteiger partial charge in [0.05, 0.1) is 16.4 Å². The lowest BCUT2D eigenvalue weighted by Gasteiger charge is -2.26. The predicted molar refractivity (Wildman–Crippen MR) is 272 cm³/mol. The topological polar surface area (TPSA) is 21.3 Å². The molecule has 3 nitrogen and oxygen atoms in total. The maximum absolute atomic E-state index is 6.80. The molecule has 0 fully saturated rings. The van der Waals surface area contributed by atoms with E-state index in [0.717, 1.165) is 66.5 Å². The van der Waals surface area contributed by atoms with Crippen LogP contribution in [0.3, 0.4) is 0 Å². The van der Waals surface area contributed by atoms with Gasteiger partial charge in [0.25, 0.3) is 0 Å². The van der Waals surface area contributed by atoms with Gasteiger partial charge in [0.2, 0.25) is 0 Å². The van der Waals surface area contributed by atoms with Crippen LogP contribution in [-0.2, 0) is 0 Å². The van der Waals surface area contributed by atoms with Crippen molar-refractivity contribution >= 4 is 92.3 Å². The Labute approximate surface area is 373 Å². The molecule has 0 aliphatic carbocycles. The number of furan rings is 1. The number of fused-ring (bicyclic) bond motifs is 10. The van der Waals surface area contributed by atoms with Crippen LogP contribution >= 0.6 is 11.3 Å². The van der Waals surface area contributed by atoms with Crippen molar-refractivity contribution in [3.05, 3.63) is 231 Å². The number of aromatic nitrogens is 1. The van der Waals surface area contributed by atoms with Crippen molar-refractivity contribution in [2.45, 2.75) is 0 Å². The first-order valence-corrected chi connectivity index (χ1v) is 22.6. The third-order valence-corrected chi connectivity index (χ3v) is 14.0. The van der Waals surface area contributed by atoms with Crippen LogP contribution in [0.2, 0.25) is 0 Å². The molecule has 0 saturated carbocycles. The number of nitrogens with zero attached hydrogens (tertiary/aromatic N) is 2. The molecule has 0 aliphatic rings. The van der Waals surface area contributed by atoms with Gasteiger partial charge in [-0.2, -0.15) is 0 Å². The van der Waals surface area contributed by atoms with Gasteiger partial charge in [0.1, 0.15) is 11.2 Å². The first-order chi connectivity index (χ1) is 31.7. The van der Waals surface area contributed by atoms with Crippen LogP contribution in [0.25, 0.3) is 103 Å². The normalized spacial score (nSPS) is 11.8. The van der Waals surface area contributed by atoms with E-state index in [-0.39, 0.29) is 0 Å². The minimum Gasteiger partial charge on any atom is -0.455 e. The minimum absolute atomic E-state index is 0.890. The third-order valence-electron chi connectivity index (χ3n) is 12.8. The monoisotopic (exact) mass is 834 g/mol. The van der Waals surface area contributed by atoms with Gasteiger partial charge in [0, 0.05) is 59.1 Å². The molecule has 0 bridgehead atoms. The van der Waals surface area contributed by atoms with Crippen molar-refractivity contribution in [1.82, 2.24) is 4.57 Å². The maximum Gasteiger partial charge on any atom is 0.145 e. The van der Waals surface area contributed by atoms with Gasteiger partial charge in [-0.25, -0.2) is 0 Å². The Morgan fingerprint density at radius 2 is 0.938 bits per heavy atom. The lowest BCUT2D eigenvalue weighted by molar-refractivity contribution is 0.673.